The average Bonchev–Trinajstić information content (AvgIpc) is 2.63. The minimum atomic E-state index is -1.23. The van der Waals surface area contributed by atoms with Crippen molar-refractivity contribution in [2.75, 3.05) is 9.44 Å². The first-order chi connectivity index (χ1) is 7.49. The van der Waals surface area contributed by atoms with Gasteiger partial charge in [0.1, 0.15) is 5.54 Å². The Morgan fingerprint density at radius 2 is 2.19 bits per heavy atom. The topological polar surface area (TPSA) is 87.4 Å². The number of anilines is 2. The molecule has 1 atom stereocenters. The predicted molar refractivity (Wildman–Crippen MR) is 65.2 cm³/mol. The molecule has 5 nitrogen and oxygen atoms in total. The smallest absolute Gasteiger partial charge is 0.323 e. The lowest BCUT2D eigenvalue weighted by molar-refractivity contribution is -0.142. The monoisotopic (exact) mass is 239 g/mol. The molecule has 0 radical (unpaired) electrons. The summed E-state index contributed by atoms with van der Waals surface area (Å²) in [5.41, 5.74) is 7.34. The molecule has 1 aliphatic rings. The molecule has 0 fully saturated rings. The van der Waals surface area contributed by atoms with Gasteiger partial charge in [-0.3, -0.25) is 4.79 Å². The quantitative estimate of drug-likeness (QED) is 0.597. The molecule has 0 bridgehead atoms. The van der Waals surface area contributed by atoms with Crippen molar-refractivity contribution < 1.29 is 9.90 Å². The van der Waals surface area contributed by atoms with E-state index >= 15 is 0 Å². The van der Waals surface area contributed by atoms with Gasteiger partial charge in [-0.1, -0.05) is 6.07 Å². The molecular weight excluding hydrogens is 226 g/mol. The minimum absolute atomic E-state index is 0.307. The van der Waals surface area contributed by atoms with E-state index in [4.69, 9.17) is 10.8 Å². The van der Waals surface area contributed by atoms with Gasteiger partial charge in [-0.05, 0) is 24.6 Å². The van der Waals surface area contributed by atoms with Crippen LogP contribution in [0.5, 0.6) is 0 Å². The summed E-state index contributed by atoms with van der Waals surface area (Å²) < 4.78 is 6.14. The number of carboxylic acid groups (broad SMARTS) is 1. The molecule has 1 heterocycles. The molecule has 0 saturated carbocycles. The molecule has 0 aliphatic carbocycles. The molecule has 5 N–H and O–H groups in total. The largest absolute Gasteiger partial charge is 0.480 e. The molecule has 0 unspecified atom stereocenters. The van der Waals surface area contributed by atoms with E-state index in [1.807, 2.05) is 18.2 Å². The SMILES string of the molecule is C[C@](N)(Cc1ccc2c(c1)NSN2)C(=O)O. The maximum atomic E-state index is 10.9. The van der Waals surface area contributed by atoms with E-state index in [1.165, 1.54) is 19.1 Å². The van der Waals surface area contributed by atoms with E-state index in [-0.39, 0.29) is 0 Å². The van der Waals surface area contributed by atoms with E-state index in [9.17, 15) is 4.79 Å². The summed E-state index contributed by atoms with van der Waals surface area (Å²) in [6.07, 6.45) is 0.307. The maximum absolute atomic E-state index is 10.9. The number of fused-ring (bicyclic) bond motifs is 1. The highest BCUT2D eigenvalue weighted by Gasteiger charge is 2.28. The van der Waals surface area contributed by atoms with Crippen molar-refractivity contribution in [3.05, 3.63) is 23.8 Å². The van der Waals surface area contributed by atoms with E-state index in [0.29, 0.717) is 6.42 Å². The fraction of sp³-hybridized carbons (Fsp3) is 0.300. The molecule has 1 aromatic rings. The second-order valence-corrected chi connectivity index (χ2v) is 4.70. The molecule has 6 heteroatoms. The molecule has 0 saturated heterocycles. The lowest BCUT2D eigenvalue weighted by Crippen LogP contribution is -2.46. The Bertz CT molecular complexity index is 434. The van der Waals surface area contributed by atoms with Crippen molar-refractivity contribution >= 4 is 29.5 Å². The highest BCUT2D eigenvalue weighted by Crippen LogP contribution is 2.33. The highest BCUT2D eigenvalue weighted by molar-refractivity contribution is 8.02. The average molecular weight is 239 g/mol. The molecule has 0 aromatic heterocycles. The number of hydrogen-bond donors (Lipinski definition) is 4. The number of rotatable bonds is 3. The molecule has 2 rings (SSSR count). The summed E-state index contributed by atoms with van der Waals surface area (Å²) in [5, 5.41) is 8.94. The van der Waals surface area contributed by atoms with E-state index in [0.717, 1.165) is 16.9 Å². The first-order valence-electron chi connectivity index (χ1n) is 4.82. The van der Waals surface area contributed by atoms with Crippen LogP contribution in [0.1, 0.15) is 12.5 Å². The number of nitrogens with one attached hydrogen (secondary N) is 2. The van der Waals surface area contributed by atoms with E-state index in [2.05, 4.69) is 9.44 Å². The van der Waals surface area contributed by atoms with E-state index < -0.39 is 11.5 Å². The third-order valence-corrected chi connectivity index (χ3v) is 3.11. The van der Waals surface area contributed by atoms with Gasteiger partial charge >= 0.3 is 5.97 Å². The Morgan fingerprint density at radius 1 is 1.50 bits per heavy atom. The molecular formula is C10H13N3O2S. The lowest BCUT2D eigenvalue weighted by Gasteiger charge is -2.19. The van der Waals surface area contributed by atoms with Crippen molar-refractivity contribution in [1.29, 1.82) is 0 Å². The Balaban J connectivity index is 2.20. The Kier molecular flexibility index (Phi) is 2.69. The van der Waals surface area contributed by atoms with Gasteiger partial charge in [-0.15, -0.1) is 0 Å². The fourth-order valence-corrected chi connectivity index (χ4v) is 2.13. The Morgan fingerprint density at radius 3 is 2.88 bits per heavy atom. The third-order valence-electron chi connectivity index (χ3n) is 2.47. The highest BCUT2D eigenvalue weighted by atomic mass is 32.2. The van der Waals surface area contributed by atoms with Crippen LogP contribution in [0.3, 0.4) is 0 Å². The summed E-state index contributed by atoms with van der Waals surface area (Å²) in [7, 11) is 0. The first-order valence-corrected chi connectivity index (χ1v) is 5.64. The van der Waals surface area contributed by atoms with Crippen LogP contribution in [0.2, 0.25) is 0 Å². The Hall–Kier alpha value is -1.40. The van der Waals surface area contributed by atoms with Crippen molar-refractivity contribution in [2.24, 2.45) is 5.73 Å². The molecule has 16 heavy (non-hydrogen) atoms. The van der Waals surface area contributed by atoms with Gasteiger partial charge in [0.2, 0.25) is 0 Å². The molecule has 1 aliphatic heterocycles. The Labute approximate surface area is 97.7 Å². The minimum Gasteiger partial charge on any atom is -0.480 e. The van der Waals surface area contributed by atoms with Gasteiger partial charge in [-0.25, -0.2) is 0 Å². The van der Waals surface area contributed by atoms with Gasteiger partial charge < -0.3 is 20.3 Å². The summed E-state index contributed by atoms with van der Waals surface area (Å²) in [6.45, 7) is 1.52. The standard InChI is InChI=1S/C10H13N3O2S/c1-10(11,9(14)15)5-6-2-3-7-8(4-6)13-16-12-7/h2-4,12-13H,5,11H2,1H3,(H,14,15)/t10-/m0/s1. The summed E-state index contributed by atoms with van der Waals surface area (Å²) >= 11 is 1.39. The molecule has 0 spiro atoms. The van der Waals surface area contributed by atoms with Crippen molar-refractivity contribution in [2.45, 2.75) is 18.9 Å². The van der Waals surface area contributed by atoms with Crippen molar-refractivity contribution in [3.63, 3.8) is 0 Å². The zero-order chi connectivity index (χ0) is 11.8. The van der Waals surface area contributed by atoms with Crippen molar-refractivity contribution in [3.8, 4) is 0 Å². The van der Waals surface area contributed by atoms with Gasteiger partial charge in [0.25, 0.3) is 0 Å². The third kappa shape index (κ3) is 2.07. The second-order valence-electron chi connectivity index (χ2n) is 4.09. The van der Waals surface area contributed by atoms with Crippen LogP contribution in [0, 0.1) is 0 Å². The fourth-order valence-electron chi connectivity index (χ4n) is 1.51. The van der Waals surface area contributed by atoms with Crippen LogP contribution in [-0.2, 0) is 11.2 Å². The first kappa shape index (κ1) is 11.1. The molecule has 0 amide bonds. The number of aliphatic carboxylic acids is 1. The van der Waals surface area contributed by atoms with E-state index in [1.54, 1.807) is 0 Å². The maximum Gasteiger partial charge on any atom is 0.323 e. The summed E-state index contributed by atoms with van der Waals surface area (Å²) in [4.78, 5) is 10.9. The molecule has 1 aromatic carbocycles. The van der Waals surface area contributed by atoms with Crippen LogP contribution in [-0.4, -0.2) is 16.6 Å². The van der Waals surface area contributed by atoms with Crippen molar-refractivity contribution in [1.82, 2.24) is 0 Å². The van der Waals surface area contributed by atoms with Gasteiger partial charge in [-0.2, -0.15) is 0 Å². The lowest BCUT2D eigenvalue weighted by atomic mass is 9.94. The van der Waals surface area contributed by atoms with Gasteiger partial charge in [0, 0.05) is 6.42 Å². The molecule has 86 valence electrons. The number of carbonyl (C=O) groups is 1. The summed E-state index contributed by atoms with van der Waals surface area (Å²) in [5.74, 6) is -0.992. The predicted octanol–water partition coefficient (Wildman–Crippen LogP) is 1.43. The van der Waals surface area contributed by atoms with Crippen LogP contribution < -0.4 is 15.2 Å². The van der Waals surface area contributed by atoms with Crippen LogP contribution in [0.25, 0.3) is 0 Å². The zero-order valence-electron chi connectivity index (χ0n) is 8.78. The number of nitrogens with two attached hydrogens (primary N) is 1. The second kappa shape index (κ2) is 3.88. The normalized spacial score (nSPS) is 16.9. The van der Waals surface area contributed by atoms with Gasteiger partial charge in [0.05, 0.1) is 23.5 Å². The number of hydrogen-bond acceptors (Lipinski definition) is 5. The number of carboxylic acids is 1. The summed E-state index contributed by atoms with van der Waals surface area (Å²) in [6, 6.07) is 5.71. The van der Waals surface area contributed by atoms with Crippen LogP contribution >= 0.6 is 12.1 Å². The zero-order valence-corrected chi connectivity index (χ0v) is 9.60. The van der Waals surface area contributed by atoms with Gasteiger partial charge in [0.15, 0.2) is 0 Å². The number of benzene rings is 1. The van der Waals surface area contributed by atoms with Crippen LogP contribution in [0.15, 0.2) is 18.2 Å². The van der Waals surface area contributed by atoms with Crippen LogP contribution in [0.4, 0.5) is 11.4 Å².